The maximum Gasteiger partial charge on any atom is 0.119 e. The number of benzene rings is 1. The average molecular weight is 194 g/mol. The summed E-state index contributed by atoms with van der Waals surface area (Å²) < 4.78 is 5.42. The molecule has 0 spiro atoms. The maximum absolute atomic E-state index is 5.42. The second kappa shape index (κ2) is 6.40. The van der Waals surface area contributed by atoms with Gasteiger partial charge in [0.05, 0.1) is 0 Å². The molecule has 0 atom stereocenters. The van der Waals surface area contributed by atoms with Crippen LogP contribution in [0.4, 0.5) is 0 Å². The van der Waals surface area contributed by atoms with Crippen LogP contribution in [-0.2, 0) is 6.54 Å². The van der Waals surface area contributed by atoms with Crippen LogP contribution >= 0.6 is 0 Å². The molecule has 0 bridgehead atoms. The van der Waals surface area contributed by atoms with Gasteiger partial charge in [0.15, 0.2) is 0 Å². The van der Waals surface area contributed by atoms with E-state index in [0.717, 1.165) is 18.8 Å². The Kier molecular flexibility index (Phi) is 5.04. The SMILES string of the molecule is CCNCc1cccc(OCCN)c1. The molecule has 0 aliphatic rings. The molecule has 0 aromatic heterocycles. The molecule has 14 heavy (non-hydrogen) atoms. The first-order valence-electron chi connectivity index (χ1n) is 4.99. The van der Waals surface area contributed by atoms with Gasteiger partial charge >= 0.3 is 0 Å². The molecule has 0 saturated heterocycles. The highest BCUT2D eigenvalue weighted by Gasteiger charge is 1.95. The van der Waals surface area contributed by atoms with E-state index < -0.39 is 0 Å². The summed E-state index contributed by atoms with van der Waals surface area (Å²) in [6.07, 6.45) is 0. The highest BCUT2D eigenvalue weighted by atomic mass is 16.5. The third-order valence-corrected chi connectivity index (χ3v) is 1.86. The zero-order chi connectivity index (χ0) is 10.2. The van der Waals surface area contributed by atoms with Gasteiger partial charge in [0.1, 0.15) is 12.4 Å². The summed E-state index contributed by atoms with van der Waals surface area (Å²) in [5, 5.41) is 3.27. The maximum atomic E-state index is 5.42. The van der Waals surface area contributed by atoms with Gasteiger partial charge in [-0.1, -0.05) is 19.1 Å². The van der Waals surface area contributed by atoms with E-state index >= 15 is 0 Å². The van der Waals surface area contributed by atoms with Gasteiger partial charge in [-0.15, -0.1) is 0 Å². The predicted octanol–water partition coefficient (Wildman–Crippen LogP) is 1.13. The molecule has 1 aromatic carbocycles. The Morgan fingerprint density at radius 2 is 2.29 bits per heavy atom. The van der Waals surface area contributed by atoms with Crippen molar-refractivity contribution in [1.82, 2.24) is 5.32 Å². The third kappa shape index (κ3) is 3.77. The van der Waals surface area contributed by atoms with E-state index in [4.69, 9.17) is 10.5 Å². The molecule has 0 saturated carbocycles. The normalized spacial score (nSPS) is 10.1. The summed E-state index contributed by atoms with van der Waals surface area (Å²) in [6, 6.07) is 8.07. The van der Waals surface area contributed by atoms with E-state index in [9.17, 15) is 0 Å². The molecule has 0 amide bonds. The fourth-order valence-corrected chi connectivity index (χ4v) is 1.19. The summed E-state index contributed by atoms with van der Waals surface area (Å²) in [4.78, 5) is 0. The Hall–Kier alpha value is -1.06. The van der Waals surface area contributed by atoms with E-state index in [1.807, 2.05) is 18.2 Å². The molecule has 0 radical (unpaired) electrons. The number of hydrogen-bond acceptors (Lipinski definition) is 3. The predicted molar refractivity (Wildman–Crippen MR) is 58.4 cm³/mol. The lowest BCUT2D eigenvalue weighted by Gasteiger charge is -2.07. The topological polar surface area (TPSA) is 47.3 Å². The Balaban J connectivity index is 2.50. The minimum atomic E-state index is 0.553. The molecule has 0 aliphatic carbocycles. The van der Waals surface area contributed by atoms with Crippen LogP contribution in [0.3, 0.4) is 0 Å². The van der Waals surface area contributed by atoms with Crippen LogP contribution in [-0.4, -0.2) is 19.7 Å². The fourth-order valence-electron chi connectivity index (χ4n) is 1.19. The summed E-state index contributed by atoms with van der Waals surface area (Å²) in [6.45, 7) is 5.08. The van der Waals surface area contributed by atoms with Crippen LogP contribution in [0.5, 0.6) is 5.75 Å². The Morgan fingerprint density at radius 3 is 3.00 bits per heavy atom. The van der Waals surface area contributed by atoms with Crippen LogP contribution in [0.2, 0.25) is 0 Å². The summed E-state index contributed by atoms with van der Waals surface area (Å²) in [5.41, 5.74) is 6.59. The van der Waals surface area contributed by atoms with Crippen molar-refractivity contribution in [2.24, 2.45) is 5.73 Å². The Morgan fingerprint density at radius 1 is 1.43 bits per heavy atom. The molecule has 0 heterocycles. The van der Waals surface area contributed by atoms with Gasteiger partial charge in [0.2, 0.25) is 0 Å². The van der Waals surface area contributed by atoms with Gasteiger partial charge in [-0.25, -0.2) is 0 Å². The van der Waals surface area contributed by atoms with Crippen molar-refractivity contribution in [3.8, 4) is 5.75 Å². The molecule has 1 rings (SSSR count). The van der Waals surface area contributed by atoms with Crippen molar-refractivity contribution in [2.45, 2.75) is 13.5 Å². The molecule has 0 aliphatic heterocycles. The largest absolute Gasteiger partial charge is 0.492 e. The van der Waals surface area contributed by atoms with Gasteiger partial charge < -0.3 is 15.8 Å². The molecule has 1 aromatic rings. The highest BCUT2D eigenvalue weighted by Crippen LogP contribution is 2.12. The standard InChI is InChI=1S/C11H18N2O/c1-2-13-9-10-4-3-5-11(8-10)14-7-6-12/h3-5,8,13H,2,6-7,9,12H2,1H3. The summed E-state index contributed by atoms with van der Waals surface area (Å²) >= 11 is 0. The summed E-state index contributed by atoms with van der Waals surface area (Å²) in [7, 11) is 0. The number of nitrogens with one attached hydrogen (secondary N) is 1. The zero-order valence-electron chi connectivity index (χ0n) is 8.62. The van der Waals surface area contributed by atoms with Crippen molar-refractivity contribution in [1.29, 1.82) is 0 Å². The number of hydrogen-bond donors (Lipinski definition) is 2. The van der Waals surface area contributed by atoms with Gasteiger partial charge in [-0.3, -0.25) is 0 Å². The van der Waals surface area contributed by atoms with E-state index in [2.05, 4.69) is 18.3 Å². The number of nitrogens with two attached hydrogens (primary N) is 1. The average Bonchev–Trinajstić information content (AvgIpc) is 2.24. The zero-order valence-corrected chi connectivity index (χ0v) is 8.62. The van der Waals surface area contributed by atoms with Crippen molar-refractivity contribution < 1.29 is 4.74 Å². The molecule has 3 nitrogen and oxygen atoms in total. The van der Waals surface area contributed by atoms with Crippen molar-refractivity contribution in [3.05, 3.63) is 29.8 Å². The molecule has 3 N–H and O–H groups in total. The second-order valence-electron chi connectivity index (χ2n) is 3.06. The minimum absolute atomic E-state index is 0.553. The molecular formula is C11H18N2O. The van der Waals surface area contributed by atoms with Crippen LogP contribution in [0, 0.1) is 0 Å². The van der Waals surface area contributed by atoms with Crippen molar-refractivity contribution in [3.63, 3.8) is 0 Å². The van der Waals surface area contributed by atoms with E-state index in [0.29, 0.717) is 13.2 Å². The summed E-state index contributed by atoms with van der Waals surface area (Å²) in [5.74, 6) is 0.894. The lowest BCUT2D eigenvalue weighted by atomic mass is 10.2. The lowest BCUT2D eigenvalue weighted by molar-refractivity contribution is 0.328. The van der Waals surface area contributed by atoms with Crippen LogP contribution in [0.1, 0.15) is 12.5 Å². The van der Waals surface area contributed by atoms with Crippen LogP contribution in [0.25, 0.3) is 0 Å². The van der Waals surface area contributed by atoms with E-state index in [1.54, 1.807) is 0 Å². The quantitative estimate of drug-likeness (QED) is 0.713. The molecule has 78 valence electrons. The van der Waals surface area contributed by atoms with Gasteiger partial charge in [-0.2, -0.15) is 0 Å². The Bertz CT molecular complexity index is 240. The first kappa shape index (κ1) is 11.0. The van der Waals surface area contributed by atoms with Crippen molar-refractivity contribution in [2.75, 3.05) is 19.7 Å². The third-order valence-electron chi connectivity index (χ3n) is 1.86. The first-order chi connectivity index (χ1) is 6.86. The van der Waals surface area contributed by atoms with Gasteiger partial charge in [0, 0.05) is 13.1 Å². The second-order valence-corrected chi connectivity index (χ2v) is 3.06. The number of rotatable bonds is 6. The number of ether oxygens (including phenoxy) is 1. The molecule has 0 unspecified atom stereocenters. The van der Waals surface area contributed by atoms with Crippen LogP contribution < -0.4 is 15.8 Å². The van der Waals surface area contributed by atoms with Crippen LogP contribution in [0.15, 0.2) is 24.3 Å². The van der Waals surface area contributed by atoms with Gasteiger partial charge in [-0.05, 0) is 24.2 Å². The lowest BCUT2D eigenvalue weighted by Crippen LogP contribution is -2.12. The molecular weight excluding hydrogens is 176 g/mol. The molecule has 0 fully saturated rings. The fraction of sp³-hybridized carbons (Fsp3) is 0.455. The smallest absolute Gasteiger partial charge is 0.119 e. The minimum Gasteiger partial charge on any atom is -0.492 e. The Labute approximate surface area is 85.3 Å². The van der Waals surface area contributed by atoms with E-state index in [1.165, 1.54) is 5.56 Å². The van der Waals surface area contributed by atoms with Gasteiger partial charge in [0.25, 0.3) is 0 Å². The monoisotopic (exact) mass is 194 g/mol. The highest BCUT2D eigenvalue weighted by molar-refractivity contribution is 5.28. The molecule has 3 heteroatoms. The van der Waals surface area contributed by atoms with E-state index in [-0.39, 0.29) is 0 Å². The van der Waals surface area contributed by atoms with Crippen molar-refractivity contribution >= 4 is 0 Å². The first-order valence-corrected chi connectivity index (χ1v) is 4.99.